The third-order valence-electron chi connectivity index (χ3n) is 3.60. The topological polar surface area (TPSA) is 20.2 Å². The SMILES string of the molecule is C=CC1(C(O)c2ccccc2)CCCC1. The number of rotatable bonds is 3. The lowest BCUT2D eigenvalue weighted by Crippen LogP contribution is -2.23. The van der Waals surface area contributed by atoms with Gasteiger partial charge in [0, 0.05) is 5.41 Å². The molecule has 1 unspecified atom stereocenters. The second-order valence-corrected chi connectivity index (χ2v) is 4.46. The van der Waals surface area contributed by atoms with Crippen molar-refractivity contribution in [1.29, 1.82) is 0 Å². The Labute approximate surface area is 91.4 Å². The Morgan fingerprint density at radius 2 is 1.80 bits per heavy atom. The molecule has 15 heavy (non-hydrogen) atoms. The zero-order valence-electron chi connectivity index (χ0n) is 9.02. The fourth-order valence-corrected chi connectivity index (χ4v) is 2.59. The average molecular weight is 202 g/mol. The molecule has 0 radical (unpaired) electrons. The van der Waals surface area contributed by atoms with E-state index in [0.29, 0.717) is 0 Å². The molecule has 1 saturated carbocycles. The summed E-state index contributed by atoms with van der Waals surface area (Å²) in [7, 11) is 0. The molecular formula is C14H18O. The van der Waals surface area contributed by atoms with Crippen LogP contribution in [0, 0.1) is 5.41 Å². The van der Waals surface area contributed by atoms with Crippen molar-refractivity contribution in [3.8, 4) is 0 Å². The van der Waals surface area contributed by atoms with E-state index in [2.05, 4.69) is 6.58 Å². The van der Waals surface area contributed by atoms with Crippen molar-refractivity contribution in [2.24, 2.45) is 5.41 Å². The molecule has 2 rings (SSSR count). The monoisotopic (exact) mass is 202 g/mol. The molecule has 1 nitrogen and oxygen atoms in total. The van der Waals surface area contributed by atoms with Gasteiger partial charge in [-0.15, -0.1) is 6.58 Å². The Bertz CT molecular complexity index is 322. The Hall–Kier alpha value is -1.08. The van der Waals surface area contributed by atoms with Gasteiger partial charge in [-0.2, -0.15) is 0 Å². The molecule has 0 spiro atoms. The summed E-state index contributed by atoms with van der Waals surface area (Å²) < 4.78 is 0. The maximum Gasteiger partial charge on any atom is 0.0880 e. The van der Waals surface area contributed by atoms with Crippen LogP contribution in [0.25, 0.3) is 0 Å². The molecule has 0 saturated heterocycles. The second kappa shape index (κ2) is 4.19. The molecule has 1 heteroatoms. The molecule has 80 valence electrons. The van der Waals surface area contributed by atoms with Gasteiger partial charge in [-0.3, -0.25) is 0 Å². The molecule has 1 N–H and O–H groups in total. The summed E-state index contributed by atoms with van der Waals surface area (Å²) in [5.74, 6) is 0. The smallest absolute Gasteiger partial charge is 0.0880 e. The van der Waals surface area contributed by atoms with Crippen LogP contribution in [0.15, 0.2) is 43.0 Å². The van der Waals surface area contributed by atoms with Crippen LogP contribution in [0.3, 0.4) is 0 Å². The number of hydrogen-bond donors (Lipinski definition) is 1. The van der Waals surface area contributed by atoms with Gasteiger partial charge in [0.2, 0.25) is 0 Å². The fraction of sp³-hybridized carbons (Fsp3) is 0.429. The van der Waals surface area contributed by atoms with Crippen molar-refractivity contribution in [2.75, 3.05) is 0 Å². The van der Waals surface area contributed by atoms with Gasteiger partial charge in [-0.1, -0.05) is 49.2 Å². The van der Waals surface area contributed by atoms with E-state index >= 15 is 0 Å². The first-order valence-corrected chi connectivity index (χ1v) is 5.65. The third kappa shape index (κ3) is 1.84. The van der Waals surface area contributed by atoms with Crippen LogP contribution < -0.4 is 0 Å². The summed E-state index contributed by atoms with van der Waals surface area (Å²) in [6.45, 7) is 3.90. The first kappa shape index (κ1) is 10.4. The molecule has 0 heterocycles. The zero-order valence-corrected chi connectivity index (χ0v) is 9.02. The van der Waals surface area contributed by atoms with Crippen LogP contribution in [-0.2, 0) is 0 Å². The minimum Gasteiger partial charge on any atom is -0.388 e. The molecule has 1 aliphatic carbocycles. The summed E-state index contributed by atoms with van der Waals surface area (Å²) in [5.41, 5.74) is 0.931. The minimum absolute atomic E-state index is 0.0820. The largest absolute Gasteiger partial charge is 0.388 e. The van der Waals surface area contributed by atoms with E-state index in [1.165, 1.54) is 12.8 Å². The van der Waals surface area contributed by atoms with Crippen molar-refractivity contribution in [3.63, 3.8) is 0 Å². The highest BCUT2D eigenvalue weighted by atomic mass is 16.3. The van der Waals surface area contributed by atoms with Crippen LogP contribution >= 0.6 is 0 Å². The van der Waals surface area contributed by atoms with E-state index < -0.39 is 6.10 Å². The highest BCUT2D eigenvalue weighted by molar-refractivity contribution is 5.22. The predicted octanol–water partition coefficient (Wildman–Crippen LogP) is 3.47. The zero-order chi connectivity index (χ0) is 10.7. The Morgan fingerprint density at radius 1 is 1.20 bits per heavy atom. The molecule has 1 aromatic rings. The summed E-state index contributed by atoms with van der Waals surface area (Å²) in [5, 5.41) is 10.4. The van der Waals surface area contributed by atoms with Crippen molar-refractivity contribution < 1.29 is 5.11 Å². The average Bonchev–Trinajstić information content (AvgIpc) is 2.79. The minimum atomic E-state index is -0.390. The number of aliphatic hydroxyl groups is 1. The standard InChI is InChI=1S/C14H18O/c1-2-14(10-6-7-11-14)13(15)12-8-4-3-5-9-12/h2-5,8-9,13,15H,1,6-7,10-11H2. The van der Waals surface area contributed by atoms with Crippen LogP contribution in [0.5, 0.6) is 0 Å². The van der Waals surface area contributed by atoms with Gasteiger partial charge in [-0.25, -0.2) is 0 Å². The highest BCUT2D eigenvalue weighted by Gasteiger charge is 2.38. The predicted molar refractivity (Wildman–Crippen MR) is 62.5 cm³/mol. The molecule has 0 aliphatic heterocycles. The van der Waals surface area contributed by atoms with Crippen molar-refractivity contribution in [1.82, 2.24) is 0 Å². The Balaban J connectivity index is 2.26. The van der Waals surface area contributed by atoms with E-state index in [-0.39, 0.29) is 5.41 Å². The molecule has 0 bridgehead atoms. The first-order valence-electron chi connectivity index (χ1n) is 5.65. The van der Waals surface area contributed by atoms with Crippen molar-refractivity contribution >= 4 is 0 Å². The third-order valence-corrected chi connectivity index (χ3v) is 3.60. The van der Waals surface area contributed by atoms with Gasteiger partial charge >= 0.3 is 0 Å². The fourth-order valence-electron chi connectivity index (χ4n) is 2.59. The lowest BCUT2D eigenvalue weighted by molar-refractivity contribution is 0.0621. The first-order chi connectivity index (χ1) is 7.28. The van der Waals surface area contributed by atoms with E-state index in [0.717, 1.165) is 18.4 Å². The Morgan fingerprint density at radius 3 is 2.33 bits per heavy atom. The van der Waals surface area contributed by atoms with Crippen LogP contribution in [0.4, 0.5) is 0 Å². The van der Waals surface area contributed by atoms with E-state index in [1.54, 1.807) is 0 Å². The molecular weight excluding hydrogens is 184 g/mol. The van der Waals surface area contributed by atoms with Crippen LogP contribution in [-0.4, -0.2) is 5.11 Å². The number of benzene rings is 1. The van der Waals surface area contributed by atoms with Gasteiger partial charge in [0.25, 0.3) is 0 Å². The maximum absolute atomic E-state index is 10.4. The quantitative estimate of drug-likeness (QED) is 0.744. The van der Waals surface area contributed by atoms with E-state index in [4.69, 9.17) is 0 Å². The molecule has 1 fully saturated rings. The summed E-state index contributed by atoms with van der Waals surface area (Å²) >= 11 is 0. The summed E-state index contributed by atoms with van der Waals surface area (Å²) in [4.78, 5) is 0. The summed E-state index contributed by atoms with van der Waals surface area (Å²) in [6, 6.07) is 9.92. The number of hydrogen-bond acceptors (Lipinski definition) is 1. The molecule has 1 aromatic carbocycles. The normalized spacial score (nSPS) is 21.1. The molecule has 1 atom stereocenters. The van der Waals surface area contributed by atoms with Gasteiger partial charge in [0.1, 0.15) is 0 Å². The second-order valence-electron chi connectivity index (χ2n) is 4.46. The molecule has 1 aliphatic rings. The highest BCUT2D eigenvalue weighted by Crippen LogP contribution is 2.48. The van der Waals surface area contributed by atoms with Crippen molar-refractivity contribution in [2.45, 2.75) is 31.8 Å². The van der Waals surface area contributed by atoms with Crippen molar-refractivity contribution in [3.05, 3.63) is 48.6 Å². The van der Waals surface area contributed by atoms with Crippen LogP contribution in [0.2, 0.25) is 0 Å². The molecule has 0 amide bonds. The summed E-state index contributed by atoms with van der Waals surface area (Å²) in [6.07, 6.45) is 6.10. The lowest BCUT2D eigenvalue weighted by atomic mass is 9.77. The number of aliphatic hydroxyl groups excluding tert-OH is 1. The maximum atomic E-state index is 10.4. The van der Waals surface area contributed by atoms with E-state index in [9.17, 15) is 5.11 Å². The van der Waals surface area contributed by atoms with Gasteiger partial charge < -0.3 is 5.11 Å². The van der Waals surface area contributed by atoms with Gasteiger partial charge in [-0.05, 0) is 18.4 Å². The molecule has 0 aromatic heterocycles. The Kier molecular flexibility index (Phi) is 2.92. The van der Waals surface area contributed by atoms with E-state index in [1.807, 2.05) is 36.4 Å². The van der Waals surface area contributed by atoms with Gasteiger partial charge in [0.05, 0.1) is 6.10 Å². The van der Waals surface area contributed by atoms with Crippen LogP contribution in [0.1, 0.15) is 37.4 Å². The van der Waals surface area contributed by atoms with Gasteiger partial charge in [0.15, 0.2) is 0 Å². The lowest BCUT2D eigenvalue weighted by Gasteiger charge is -2.31.